The number of anilines is 2. The number of hydrogen-bond donors (Lipinski definition) is 0. The Balaban J connectivity index is 1.35. The fourth-order valence-electron chi connectivity index (χ4n) is 3.39. The van der Waals surface area contributed by atoms with Gasteiger partial charge in [0.15, 0.2) is 10.3 Å². The lowest BCUT2D eigenvalue weighted by atomic mass is 10.2. The minimum Gasteiger partial charge on any atom is -0.345 e. The van der Waals surface area contributed by atoms with Crippen LogP contribution < -0.4 is 9.80 Å². The smallest absolute Gasteiger partial charge is 0.186 e. The van der Waals surface area contributed by atoms with Crippen molar-refractivity contribution in [2.24, 2.45) is 0 Å². The van der Waals surface area contributed by atoms with Crippen LogP contribution in [-0.4, -0.2) is 36.1 Å². The first-order valence-corrected chi connectivity index (χ1v) is 11.5. The molecule has 0 amide bonds. The molecule has 1 saturated heterocycles. The van der Waals surface area contributed by atoms with Gasteiger partial charge in [-0.2, -0.15) is 0 Å². The van der Waals surface area contributed by atoms with Gasteiger partial charge in [-0.25, -0.2) is 9.97 Å². The molecule has 27 heavy (non-hydrogen) atoms. The number of thiazole rings is 2. The Kier molecular flexibility index (Phi) is 4.50. The first-order valence-electron chi connectivity index (χ1n) is 8.69. The van der Waals surface area contributed by atoms with Crippen molar-refractivity contribution in [2.45, 2.75) is 6.92 Å². The lowest BCUT2D eigenvalue weighted by molar-refractivity contribution is 0.651. The van der Waals surface area contributed by atoms with Gasteiger partial charge in [0.2, 0.25) is 0 Å². The van der Waals surface area contributed by atoms with Crippen molar-refractivity contribution in [2.75, 3.05) is 36.0 Å². The van der Waals surface area contributed by atoms with Gasteiger partial charge in [0, 0.05) is 35.7 Å². The highest BCUT2D eigenvalue weighted by atomic mass is 79.9. The molecule has 0 spiro atoms. The van der Waals surface area contributed by atoms with E-state index in [0.29, 0.717) is 0 Å². The summed E-state index contributed by atoms with van der Waals surface area (Å²) in [5.41, 5.74) is 3.28. The lowest BCUT2D eigenvalue weighted by Gasteiger charge is -2.34. The quantitative estimate of drug-likeness (QED) is 0.355. The average molecular weight is 480 g/mol. The van der Waals surface area contributed by atoms with Crippen molar-refractivity contribution in [3.8, 4) is 0 Å². The van der Waals surface area contributed by atoms with Gasteiger partial charge in [0.05, 0.1) is 20.4 Å². The Morgan fingerprint density at radius 3 is 2.33 bits per heavy atom. The van der Waals surface area contributed by atoms with Crippen molar-refractivity contribution < 1.29 is 0 Å². The number of rotatable bonds is 2. The number of halogens is 2. The molecule has 8 heteroatoms. The maximum absolute atomic E-state index is 6.20. The summed E-state index contributed by atoms with van der Waals surface area (Å²) in [6.07, 6.45) is 0. The van der Waals surface area contributed by atoms with Gasteiger partial charge in [-0.05, 0) is 42.8 Å². The van der Waals surface area contributed by atoms with Crippen LogP contribution in [0.2, 0.25) is 5.02 Å². The molecule has 0 bridgehead atoms. The normalized spacial score (nSPS) is 15.2. The molecule has 4 nitrogen and oxygen atoms in total. The first kappa shape index (κ1) is 17.7. The number of nitrogens with zero attached hydrogens (tertiary/aromatic N) is 4. The van der Waals surface area contributed by atoms with Crippen LogP contribution >= 0.6 is 50.2 Å². The molecular weight excluding hydrogens is 464 g/mol. The maximum atomic E-state index is 6.20. The molecule has 0 N–H and O–H groups in total. The number of hydrogen-bond acceptors (Lipinski definition) is 6. The molecule has 1 aliphatic heterocycles. The van der Waals surface area contributed by atoms with E-state index in [1.807, 2.05) is 18.2 Å². The minimum atomic E-state index is 0.780. The van der Waals surface area contributed by atoms with E-state index in [0.717, 1.165) is 67.2 Å². The van der Waals surface area contributed by atoms with Crippen molar-refractivity contribution in [3.63, 3.8) is 0 Å². The van der Waals surface area contributed by atoms with E-state index in [-0.39, 0.29) is 0 Å². The van der Waals surface area contributed by atoms with Crippen LogP contribution in [0.1, 0.15) is 5.56 Å². The standard InChI is InChI=1S/C19H16BrClN4S2/c1-11-8-13(21)10-16-17(11)23-19(27-16)25-6-4-24(5-7-25)18-22-14-3-2-12(20)9-15(14)26-18/h2-3,8-10H,4-7H2,1H3. The summed E-state index contributed by atoms with van der Waals surface area (Å²) in [7, 11) is 0. The van der Waals surface area contributed by atoms with Crippen molar-refractivity contribution >= 4 is 80.9 Å². The molecule has 2 aromatic heterocycles. The topological polar surface area (TPSA) is 32.3 Å². The monoisotopic (exact) mass is 478 g/mol. The Morgan fingerprint density at radius 1 is 0.926 bits per heavy atom. The van der Waals surface area contributed by atoms with Crippen LogP contribution in [-0.2, 0) is 0 Å². The molecule has 0 radical (unpaired) electrons. The minimum absolute atomic E-state index is 0.780. The van der Waals surface area contributed by atoms with Gasteiger partial charge >= 0.3 is 0 Å². The van der Waals surface area contributed by atoms with E-state index >= 15 is 0 Å². The van der Waals surface area contributed by atoms with E-state index < -0.39 is 0 Å². The van der Waals surface area contributed by atoms with E-state index in [9.17, 15) is 0 Å². The van der Waals surface area contributed by atoms with Crippen LogP contribution in [0.5, 0.6) is 0 Å². The number of benzene rings is 2. The number of piperazine rings is 1. The lowest BCUT2D eigenvalue weighted by Crippen LogP contribution is -2.46. The zero-order valence-corrected chi connectivity index (χ0v) is 18.6. The largest absolute Gasteiger partial charge is 0.345 e. The van der Waals surface area contributed by atoms with Crippen molar-refractivity contribution in [1.82, 2.24) is 9.97 Å². The van der Waals surface area contributed by atoms with Crippen LogP contribution in [0.3, 0.4) is 0 Å². The highest BCUT2D eigenvalue weighted by molar-refractivity contribution is 9.10. The van der Waals surface area contributed by atoms with Crippen molar-refractivity contribution in [3.05, 3.63) is 45.4 Å². The molecule has 4 aromatic rings. The Hall–Kier alpha value is -1.41. The third kappa shape index (κ3) is 3.31. The summed E-state index contributed by atoms with van der Waals surface area (Å²) < 4.78 is 3.48. The van der Waals surface area contributed by atoms with Gasteiger partial charge in [-0.15, -0.1) is 0 Å². The number of fused-ring (bicyclic) bond motifs is 2. The average Bonchev–Trinajstić information content (AvgIpc) is 3.25. The van der Waals surface area contributed by atoms with E-state index in [2.05, 4.69) is 44.8 Å². The summed E-state index contributed by atoms with van der Waals surface area (Å²) >= 11 is 13.2. The Bertz CT molecular complexity index is 1150. The van der Waals surface area contributed by atoms with Gasteiger partial charge in [0.1, 0.15) is 0 Å². The molecular formula is C19H16BrClN4S2. The molecule has 138 valence electrons. The second kappa shape index (κ2) is 6.88. The molecule has 0 unspecified atom stereocenters. The summed E-state index contributed by atoms with van der Waals surface area (Å²) in [6, 6.07) is 10.3. The van der Waals surface area contributed by atoms with Crippen LogP contribution in [0.25, 0.3) is 20.4 Å². The fraction of sp³-hybridized carbons (Fsp3) is 0.263. The van der Waals surface area contributed by atoms with Crippen LogP contribution in [0, 0.1) is 6.92 Å². The molecule has 1 fully saturated rings. The molecule has 1 aliphatic rings. The van der Waals surface area contributed by atoms with E-state index in [1.165, 1.54) is 4.70 Å². The highest BCUT2D eigenvalue weighted by Crippen LogP contribution is 2.35. The third-order valence-electron chi connectivity index (χ3n) is 4.80. The maximum Gasteiger partial charge on any atom is 0.186 e. The molecule has 0 aliphatic carbocycles. The highest BCUT2D eigenvalue weighted by Gasteiger charge is 2.22. The van der Waals surface area contributed by atoms with E-state index in [1.54, 1.807) is 22.7 Å². The second-order valence-electron chi connectivity index (χ2n) is 6.65. The summed E-state index contributed by atoms with van der Waals surface area (Å²) in [4.78, 5) is 14.4. The summed E-state index contributed by atoms with van der Waals surface area (Å²) in [5, 5.41) is 2.97. The summed E-state index contributed by atoms with van der Waals surface area (Å²) in [6.45, 7) is 5.88. The summed E-state index contributed by atoms with van der Waals surface area (Å²) in [5.74, 6) is 0. The van der Waals surface area contributed by atoms with Crippen LogP contribution in [0.15, 0.2) is 34.8 Å². The SMILES string of the molecule is Cc1cc(Cl)cc2sc(N3CCN(c4nc5ccc(Br)cc5s4)CC3)nc12. The molecule has 0 saturated carbocycles. The first-order chi connectivity index (χ1) is 13.1. The predicted molar refractivity (Wildman–Crippen MR) is 121 cm³/mol. The van der Waals surface area contributed by atoms with Gasteiger partial charge in [-0.1, -0.05) is 50.2 Å². The zero-order valence-electron chi connectivity index (χ0n) is 14.6. The zero-order chi connectivity index (χ0) is 18.5. The Morgan fingerprint density at radius 2 is 1.59 bits per heavy atom. The van der Waals surface area contributed by atoms with Crippen LogP contribution in [0.4, 0.5) is 10.3 Å². The van der Waals surface area contributed by atoms with Crippen molar-refractivity contribution in [1.29, 1.82) is 0 Å². The van der Waals surface area contributed by atoms with Gasteiger partial charge < -0.3 is 9.80 Å². The van der Waals surface area contributed by atoms with Gasteiger partial charge in [0.25, 0.3) is 0 Å². The van der Waals surface area contributed by atoms with E-state index in [4.69, 9.17) is 21.6 Å². The molecule has 2 aromatic carbocycles. The number of aryl methyl sites for hydroxylation is 1. The molecule has 5 rings (SSSR count). The second-order valence-corrected chi connectivity index (χ2v) is 10.0. The predicted octanol–water partition coefficient (Wildman–Crippen LogP) is 5.96. The third-order valence-corrected chi connectivity index (χ3v) is 7.65. The Labute approximate surface area is 178 Å². The fourth-order valence-corrected chi connectivity index (χ4v) is 6.43. The number of aromatic nitrogens is 2. The van der Waals surface area contributed by atoms with Gasteiger partial charge in [-0.3, -0.25) is 0 Å². The molecule has 0 atom stereocenters. The molecule has 3 heterocycles.